The summed E-state index contributed by atoms with van der Waals surface area (Å²) in [5.74, 6) is 0. The van der Waals surface area contributed by atoms with E-state index in [1.807, 2.05) is 0 Å². The van der Waals surface area contributed by atoms with Crippen LogP contribution in [0.5, 0.6) is 0 Å². The summed E-state index contributed by atoms with van der Waals surface area (Å²) in [5, 5.41) is 9.65. The predicted molar refractivity (Wildman–Crippen MR) is 55.0 cm³/mol. The highest BCUT2D eigenvalue weighted by Crippen LogP contribution is 2.43. The Morgan fingerprint density at radius 1 is 1.25 bits per heavy atom. The average Bonchev–Trinajstić information content (AvgIpc) is 2.07. The largest absolute Gasteiger partial charge is 0.446 e. The Bertz CT molecular complexity index is 438. The lowest BCUT2D eigenvalue weighted by molar-refractivity contribution is -0.384. The van der Waals surface area contributed by atoms with Gasteiger partial charge in [-0.1, -0.05) is 23.2 Å². The fourth-order valence-electron chi connectivity index (χ4n) is 0.861. The predicted octanol–water partition coefficient (Wildman–Crippen LogP) is 4.51. The summed E-state index contributed by atoms with van der Waals surface area (Å²) >= 11 is 10.4. The third kappa shape index (κ3) is 3.43. The summed E-state index contributed by atoms with van der Waals surface area (Å²) in [5.41, 5.74) is -5.05. The van der Waals surface area contributed by atoms with Gasteiger partial charge in [-0.15, -0.1) is 0 Å². The number of alkyl halides is 3. The molecule has 1 aromatic rings. The molecule has 88 valence electrons. The third-order valence-corrected chi connectivity index (χ3v) is 2.94. The summed E-state index contributed by atoms with van der Waals surface area (Å²) in [6.07, 6.45) is 0. The number of nitro benzene ring substituents is 1. The summed E-state index contributed by atoms with van der Waals surface area (Å²) in [4.78, 5) is 9.21. The number of benzene rings is 1. The van der Waals surface area contributed by atoms with Crippen LogP contribution in [0.3, 0.4) is 0 Å². The third-order valence-electron chi connectivity index (χ3n) is 1.42. The number of nitro groups is 1. The lowest BCUT2D eigenvalue weighted by Gasteiger charge is -2.07. The molecule has 0 aliphatic carbocycles. The van der Waals surface area contributed by atoms with E-state index in [1.165, 1.54) is 0 Å². The van der Waals surface area contributed by atoms with Crippen molar-refractivity contribution in [2.24, 2.45) is 0 Å². The van der Waals surface area contributed by atoms with E-state index in [2.05, 4.69) is 0 Å². The van der Waals surface area contributed by atoms with Crippen molar-refractivity contribution in [3.8, 4) is 0 Å². The molecule has 0 fully saturated rings. The number of rotatable bonds is 2. The highest BCUT2D eigenvalue weighted by atomic mass is 35.5. The van der Waals surface area contributed by atoms with Crippen LogP contribution < -0.4 is 0 Å². The highest BCUT2D eigenvalue weighted by Gasteiger charge is 2.31. The van der Waals surface area contributed by atoms with Gasteiger partial charge < -0.3 is 0 Å². The van der Waals surface area contributed by atoms with E-state index in [1.54, 1.807) is 0 Å². The number of hydrogen-bond donors (Lipinski definition) is 0. The van der Waals surface area contributed by atoms with Crippen molar-refractivity contribution in [2.75, 3.05) is 0 Å². The van der Waals surface area contributed by atoms with E-state index >= 15 is 0 Å². The average molecular weight is 292 g/mol. The Labute approximate surface area is 102 Å². The fraction of sp³-hybridized carbons (Fsp3) is 0.143. The Morgan fingerprint density at radius 2 is 1.81 bits per heavy atom. The number of nitrogens with zero attached hydrogens (tertiary/aromatic N) is 1. The second-order valence-electron chi connectivity index (χ2n) is 2.54. The zero-order valence-corrected chi connectivity index (χ0v) is 9.54. The zero-order valence-electron chi connectivity index (χ0n) is 7.22. The maximum atomic E-state index is 12.0. The Balaban J connectivity index is 3.16. The summed E-state index contributed by atoms with van der Waals surface area (Å²) in [6, 6.07) is 1.61. The van der Waals surface area contributed by atoms with Crippen molar-refractivity contribution in [3.05, 3.63) is 32.3 Å². The molecule has 1 rings (SSSR count). The molecule has 0 saturated heterocycles. The van der Waals surface area contributed by atoms with Crippen molar-refractivity contribution in [2.45, 2.75) is 10.4 Å². The molecule has 0 spiro atoms. The van der Waals surface area contributed by atoms with E-state index in [0.717, 1.165) is 12.1 Å². The van der Waals surface area contributed by atoms with E-state index in [0.29, 0.717) is 0 Å². The van der Waals surface area contributed by atoms with Gasteiger partial charge in [0, 0.05) is 11.0 Å². The molecule has 0 heterocycles. The van der Waals surface area contributed by atoms with Crippen molar-refractivity contribution >= 4 is 40.7 Å². The molecule has 0 bridgehead atoms. The molecule has 0 N–H and O–H groups in total. The maximum Gasteiger partial charge on any atom is 0.446 e. The van der Waals surface area contributed by atoms with Gasteiger partial charge in [-0.2, -0.15) is 13.2 Å². The molecular formula is C7H2Cl2F3NO2S. The van der Waals surface area contributed by atoms with Gasteiger partial charge in [-0.25, -0.2) is 0 Å². The molecule has 1 aromatic carbocycles. The van der Waals surface area contributed by atoms with Crippen molar-refractivity contribution in [1.82, 2.24) is 0 Å². The molecule has 0 amide bonds. The Hall–Kier alpha value is -0.660. The molecule has 0 saturated carbocycles. The monoisotopic (exact) mass is 291 g/mol. The van der Waals surface area contributed by atoms with Crippen LogP contribution in [0, 0.1) is 10.1 Å². The van der Waals surface area contributed by atoms with Crippen LogP contribution in [-0.2, 0) is 0 Å². The van der Waals surface area contributed by atoms with Crippen LogP contribution in [0.4, 0.5) is 18.9 Å². The van der Waals surface area contributed by atoms with E-state index < -0.39 is 27.9 Å². The Morgan fingerprint density at radius 3 is 2.25 bits per heavy atom. The highest BCUT2D eigenvalue weighted by molar-refractivity contribution is 8.00. The second-order valence-corrected chi connectivity index (χ2v) is 4.46. The molecule has 0 unspecified atom stereocenters. The van der Waals surface area contributed by atoms with Gasteiger partial charge in [0.25, 0.3) is 5.69 Å². The van der Waals surface area contributed by atoms with Crippen LogP contribution in [-0.4, -0.2) is 10.4 Å². The summed E-state index contributed by atoms with van der Waals surface area (Å²) in [6.45, 7) is 0. The normalized spacial score (nSPS) is 11.6. The first-order valence-electron chi connectivity index (χ1n) is 3.60. The molecule has 9 heteroatoms. The smallest absolute Gasteiger partial charge is 0.258 e. The van der Waals surface area contributed by atoms with Gasteiger partial charge in [0.15, 0.2) is 0 Å². The second kappa shape index (κ2) is 4.68. The number of hydrogen-bond acceptors (Lipinski definition) is 3. The van der Waals surface area contributed by atoms with Crippen molar-refractivity contribution in [3.63, 3.8) is 0 Å². The van der Waals surface area contributed by atoms with Crippen molar-refractivity contribution in [1.29, 1.82) is 0 Å². The molecule has 0 aromatic heterocycles. The topological polar surface area (TPSA) is 43.1 Å². The van der Waals surface area contributed by atoms with Gasteiger partial charge in [-0.05, 0) is 17.8 Å². The Kier molecular flexibility index (Phi) is 3.92. The van der Waals surface area contributed by atoms with Gasteiger partial charge in [0.05, 0.1) is 9.95 Å². The molecule has 16 heavy (non-hydrogen) atoms. The molecule has 3 nitrogen and oxygen atoms in total. The SMILES string of the molecule is O=[N+]([O-])c1cc(Cl)c(SC(F)(F)F)cc1Cl. The zero-order chi connectivity index (χ0) is 12.5. The minimum atomic E-state index is -4.52. The molecule has 0 atom stereocenters. The van der Waals surface area contributed by atoms with E-state index in [4.69, 9.17) is 23.2 Å². The van der Waals surface area contributed by atoms with Crippen LogP contribution in [0.2, 0.25) is 10.0 Å². The van der Waals surface area contributed by atoms with Crippen LogP contribution in [0.15, 0.2) is 17.0 Å². The molecular weight excluding hydrogens is 290 g/mol. The first-order chi connectivity index (χ1) is 7.20. The van der Waals surface area contributed by atoms with Crippen LogP contribution in [0.25, 0.3) is 0 Å². The fourth-order valence-corrected chi connectivity index (χ4v) is 2.01. The number of thioether (sulfide) groups is 1. The maximum absolute atomic E-state index is 12.0. The van der Waals surface area contributed by atoms with Crippen molar-refractivity contribution < 1.29 is 18.1 Å². The van der Waals surface area contributed by atoms with Crippen LogP contribution >= 0.6 is 35.0 Å². The molecule has 0 aliphatic rings. The minimum absolute atomic E-state index is 0.363. The first kappa shape index (κ1) is 13.4. The summed E-state index contributed by atoms with van der Waals surface area (Å²) in [7, 11) is 0. The lowest BCUT2D eigenvalue weighted by atomic mass is 10.3. The molecule has 0 radical (unpaired) electrons. The van der Waals surface area contributed by atoms with Gasteiger partial charge in [0.1, 0.15) is 5.02 Å². The van der Waals surface area contributed by atoms with E-state index in [9.17, 15) is 23.3 Å². The standard InChI is InChI=1S/C7H2Cl2F3NO2S/c8-3-2-6(16-7(10,11)12)4(9)1-5(3)13(14)15/h1-2H. The van der Waals surface area contributed by atoms with Gasteiger partial charge >= 0.3 is 5.51 Å². The minimum Gasteiger partial charge on any atom is -0.258 e. The van der Waals surface area contributed by atoms with E-state index in [-0.39, 0.29) is 14.9 Å². The van der Waals surface area contributed by atoms with Gasteiger partial charge in [-0.3, -0.25) is 10.1 Å². The first-order valence-corrected chi connectivity index (χ1v) is 5.17. The van der Waals surface area contributed by atoms with Gasteiger partial charge in [0.2, 0.25) is 0 Å². The lowest BCUT2D eigenvalue weighted by Crippen LogP contribution is -2.00. The van der Waals surface area contributed by atoms with Crippen LogP contribution in [0.1, 0.15) is 0 Å². The molecule has 0 aliphatic heterocycles. The quantitative estimate of drug-likeness (QED) is 0.457. The number of halogens is 5. The summed E-state index contributed by atoms with van der Waals surface area (Å²) < 4.78 is 36.1.